The molecule has 0 aliphatic heterocycles. The second kappa shape index (κ2) is 6.14. The highest BCUT2D eigenvalue weighted by Crippen LogP contribution is 2.41. The van der Waals surface area contributed by atoms with Crippen molar-refractivity contribution in [3.8, 4) is 0 Å². The normalized spacial score (nSPS) is 17.8. The first-order valence-corrected chi connectivity index (χ1v) is 6.79. The van der Waals surface area contributed by atoms with Crippen molar-refractivity contribution in [2.75, 3.05) is 0 Å². The molecule has 0 aromatic rings. The summed E-state index contributed by atoms with van der Waals surface area (Å²) in [5, 5.41) is 0. The van der Waals surface area contributed by atoms with Gasteiger partial charge in [-0.3, -0.25) is 9.59 Å². The molecule has 1 rings (SSSR count). The molecule has 2 heteroatoms. The van der Waals surface area contributed by atoms with Gasteiger partial charge in [0.1, 0.15) is 0 Å². The smallest absolute Gasteiger partial charge is 0.163 e. The minimum atomic E-state index is -0.511. The summed E-state index contributed by atoms with van der Waals surface area (Å²) < 4.78 is 0. The number of Topliss-reactive ketones (excluding diaryl/α,β-unsaturated/α-hetero) is 1. The molecule has 0 saturated heterocycles. The van der Waals surface area contributed by atoms with E-state index in [9.17, 15) is 9.59 Å². The Morgan fingerprint density at radius 2 is 1.58 bits per heavy atom. The lowest BCUT2D eigenvalue weighted by Gasteiger charge is -2.34. The molecule has 0 bridgehead atoms. The van der Waals surface area contributed by atoms with Gasteiger partial charge in [0.2, 0.25) is 0 Å². The molecule has 0 atom stereocenters. The van der Waals surface area contributed by atoms with E-state index in [-0.39, 0.29) is 18.0 Å². The van der Waals surface area contributed by atoms with Crippen molar-refractivity contribution in [1.82, 2.24) is 0 Å². The van der Waals surface area contributed by atoms with Crippen molar-refractivity contribution in [1.29, 1.82) is 0 Å². The van der Waals surface area contributed by atoms with E-state index in [1.165, 1.54) is 11.1 Å². The highest BCUT2D eigenvalue weighted by molar-refractivity contribution is 6.11. The van der Waals surface area contributed by atoms with Crippen LogP contribution in [0.25, 0.3) is 0 Å². The Kier molecular flexibility index (Phi) is 5.04. The molecule has 19 heavy (non-hydrogen) atoms. The molecule has 0 N–H and O–H groups in total. The molecule has 0 fully saturated rings. The molecule has 0 spiro atoms. The highest BCUT2D eigenvalue weighted by Gasteiger charge is 2.41. The van der Waals surface area contributed by atoms with Crippen molar-refractivity contribution in [2.45, 2.75) is 53.9 Å². The van der Waals surface area contributed by atoms with Crippen molar-refractivity contribution in [2.24, 2.45) is 5.41 Å². The second-order valence-electron chi connectivity index (χ2n) is 5.95. The number of carbonyl (C=O) groups excluding carboxylic acids is 2. The Labute approximate surface area is 116 Å². The largest absolute Gasteiger partial charge is 0.298 e. The Balaban J connectivity index is 3.20. The third-order valence-corrected chi connectivity index (χ3v) is 3.72. The third kappa shape index (κ3) is 3.76. The predicted octanol–water partition coefficient (Wildman–Crippen LogP) is 4.17. The standard InChI is InChI=1S/C17H24O2/c1-12(2)6-8-17(9-7-13(3)4)14(5)10-15(18)11-16(17)19/h6-7,10H,8-9,11H2,1-5H3. The fraction of sp³-hybridized carbons (Fsp3) is 0.529. The number of rotatable bonds is 4. The summed E-state index contributed by atoms with van der Waals surface area (Å²) in [6, 6.07) is 0. The Bertz CT molecular complexity index is 447. The van der Waals surface area contributed by atoms with Gasteiger partial charge >= 0.3 is 0 Å². The zero-order valence-corrected chi connectivity index (χ0v) is 12.7. The maximum atomic E-state index is 12.4. The van der Waals surface area contributed by atoms with Gasteiger partial charge in [-0.2, -0.15) is 0 Å². The molecule has 0 amide bonds. The van der Waals surface area contributed by atoms with E-state index in [0.717, 1.165) is 5.57 Å². The molecule has 0 heterocycles. The summed E-state index contributed by atoms with van der Waals surface area (Å²) in [5.74, 6) is 0.0000231. The number of hydrogen-bond acceptors (Lipinski definition) is 2. The van der Waals surface area contributed by atoms with E-state index in [1.807, 2.05) is 34.6 Å². The maximum absolute atomic E-state index is 12.4. The molecule has 0 radical (unpaired) electrons. The summed E-state index contributed by atoms with van der Waals surface area (Å²) in [4.78, 5) is 24.0. The Morgan fingerprint density at radius 3 is 1.95 bits per heavy atom. The molecule has 0 aromatic carbocycles. The van der Waals surface area contributed by atoms with E-state index < -0.39 is 5.41 Å². The number of carbonyl (C=O) groups is 2. The zero-order valence-electron chi connectivity index (χ0n) is 12.7. The molecule has 1 aliphatic carbocycles. The molecule has 0 aromatic heterocycles. The molecular formula is C17H24O2. The minimum absolute atomic E-state index is 0.0462. The van der Waals surface area contributed by atoms with Crippen LogP contribution >= 0.6 is 0 Å². The van der Waals surface area contributed by atoms with Crippen LogP contribution in [-0.2, 0) is 9.59 Å². The first-order chi connectivity index (χ1) is 8.78. The Morgan fingerprint density at radius 1 is 1.11 bits per heavy atom. The predicted molar refractivity (Wildman–Crippen MR) is 78.9 cm³/mol. The fourth-order valence-electron chi connectivity index (χ4n) is 2.37. The SMILES string of the molecule is CC(C)=CCC1(CC=C(C)C)C(=O)CC(=O)C=C1C. The van der Waals surface area contributed by atoms with Crippen LogP contribution < -0.4 is 0 Å². The van der Waals surface area contributed by atoms with Gasteiger partial charge in [0.15, 0.2) is 11.6 Å². The second-order valence-corrected chi connectivity index (χ2v) is 5.95. The van der Waals surface area contributed by atoms with Crippen LogP contribution in [0.4, 0.5) is 0 Å². The maximum Gasteiger partial charge on any atom is 0.163 e. The van der Waals surface area contributed by atoms with Crippen LogP contribution in [0.5, 0.6) is 0 Å². The van der Waals surface area contributed by atoms with Crippen LogP contribution in [0.3, 0.4) is 0 Å². The van der Waals surface area contributed by atoms with Crippen LogP contribution in [-0.4, -0.2) is 11.6 Å². The van der Waals surface area contributed by atoms with Gasteiger partial charge in [-0.15, -0.1) is 0 Å². The van der Waals surface area contributed by atoms with E-state index >= 15 is 0 Å². The Hall–Kier alpha value is -1.44. The molecule has 2 nitrogen and oxygen atoms in total. The minimum Gasteiger partial charge on any atom is -0.298 e. The van der Waals surface area contributed by atoms with Gasteiger partial charge in [-0.05, 0) is 53.5 Å². The van der Waals surface area contributed by atoms with Crippen LogP contribution in [0.1, 0.15) is 53.9 Å². The average Bonchev–Trinajstić information content (AvgIpc) is 2.26. The first kappa shape index (κ1) is 15.6. The summed E-state index contributed by atoms with van der Waals surface area (Å²) in [6.45, 7) is 10.0. The highest BCUT2D eigenvalue weighted by atomic mass is 16.1. The molecule has 1 aliphatic rings. The molecule has 0 saturated carbocycles. The van der Waals surface area contributed by atoms with Crippen LogP contribution in [0.15, 0.2) is 34.9 Å². The van der Waals surface area contributed by atoms with E-state index in [2.05, 4.69) is 12.2 Å². The van der Waals surface area contributed by atoms with Gasteiger partial charge in [-0.25, -0.2) is 0 Å². The van der Waals surface area contributed by atoms with Gasteiger partial charge in [0, 0.05) is 0 Å². The van der Waals surface area contributed by atoms with Crippen molar-refractivity contribution < 1.29 is 9.59 Å². The quantitative estimate of drug-likeness (QED) is 0.561. The number of hydrogen-bond donors (Lipinski definition) is 0. The molecule has 0 unspecified atom stereocenters. The van der Waals surface area contributed by atoms with Gasteiger partial charge in [0.05, 0.1) is 11.8 Å². The fourth-order valence-corrected chi connectivity index (χ4v) is 2.37. The monoisotopic (exact) mass is 260 g/mol. The zero-order chi connectivity index (χ0) is 14.6. The van der Waals surface area contributed by atoms with Gasteiger partial charge in [0.25, 0.3) is 0 Å². The van der Waals surface area contributed by atoms with Crippen molar-refractivity contribution in [3.05, 3.63) is 34.9 Å². The van der Waals surface area contributed by atoms with Crippen molar-refractivity contribution in [3.63, 3.8) is 0 Å². The summed E-state index contributed by atoms with van der Waals surface area (Å²) in [6.07, 6.45) is 7.28. The first-order valence-electron chi connectivity index (χ1n) is 6.79. The topological polar surface area (TPSA) is 34.1 Å². The lowest BCUT2D eigenvalue weighted by molar-refractivity contribution is -0.131. The lowest BCUT2D eigenvalue weighted by atomic mass is 9.67. The van der Waals surface area contributed by atoms with E-state index in [4.69, 9.17) is 0 Å². The van der Waals surface area contributed by atoms with E-state index in [1.54, 1.807) is 6.08 Å². The van der Waals surface area contributed by atoms with Gasteiger partial charge < -0.3 is 0 Å². The number of ketones is 2. The van der Waals surface area contributed by atoms with Crippen LogP contribution in [0, 0.1) is 5.41 Å². The average molecular weight is 260 g/mol. The van der Waals surface area contributed by atoms with Crippen molar-refractivity contribution >= 4 is 11.6 Å². The van der Waals surface area contributed by atoms with Gasteiger partial charge in [-0.1, -0.05) is 28.9 Å². The summed E-state index contributed by atoms with van der Waals surface area (Å²) in [7, 11) is 0. The van der Waals surface area contributed by atoms with Crippen LogP contribution in [0.2, 0.25) is 0 Å². The lowest BCUT2D eigenvalue weighted by Crippen LogP contribution is -2.36. The number of allylic oxidation sites excluding steroid dienone is 6. The summed E-state index contributed by atoms with van der Waals surface area (Å²) >= 11 is 0. The third-order valence-electron chi connectivity index (χ3n) is 3.72. The molecular weight excluding hydrogens is 236 g/mol. The summed E-state index contributed by atoms with van der Waals surface area (Å²) in [5.41, 5.74) is 2.80. The van der Waals surface area contributed by atoms with E-state index in [0.29, 0.717) is 12.8 Å². The molecule has 104 valence electrons.